The van der Waals surface area contributed by atoms with Crippen LogP contribution in [-0.2, 0) is 6.42 Å². The second-order valence-corrected chi connectivity index (χ2v) is 5.40. The van der Waals surface area contributed by atoms with Gasteiger partial charge < -0.3 is 10.4 Å². The van der Waals surface area contributed by atoms with E-state index in [1.54, 1.807) is 6.07 Å². The summed E-state index contributed by atoms with van der Waals surface area (Å²) in [6.07, 6.45) is 0.661. The second kappa shape index (κ2) is 6.12. The minimum Gasteiger partial charge on any atom is -0.396 e. The Balaban J connectivity index is 2.45. The molecule has 1 atom stereocenters. The van der Waals surface area contributed by atoms with Gasteiger partial charge in [-0.3, -0.25) is 0 Å². The van der Waals surface area contributed by atoms with Gasteiger partial charge in [-0.15, -0.1) is 0 Å². The molecule has 2 N–H and O–H groups in total. The molecule has 0 aliphatic carbocycles. The number of aliphatic hydroxyl groups excluding tert-OH is 1. The van der Waals surface area contributed by atoms with Gasteiger partial charge in [0.05, 0.1) is 0 Å². The average molecular weight is 239 g/mol. The Kier molecular flexibility index (Phi) is 5.09. The molecule has 0 spiro atoms. The molecule has 0 heterocycles. The van der Waals surface area contributed by atoms with E-state index in [9.17, 15) is 4.39 Å². The van der Waals surface area contributed by atoms with Gasteiger partial charge in [0.15, 0.2) is 0 Å². The molecule has 96 valence electrons. The summed E-state index contributed by atoms with van der Waals surface area (Å²) in [6.45, 7) is 6.89. The number of hydrogen-bond acceptors (Lipinski definition) is 2. The fourth-order valence-corrected chi connectivity index (χ4v) is 1.57. The first-order valence-electron chi connectivity index (χ1n) is 6.02. The highest BCUT2D eigenvalue weighted by molar-refractivity contribution is 5.18. The molecule has 0 aliphatic rings. The van der Waals surface area contributed by atoms with E-state index in [-0.39, 0.29) is 23.9 Å². The summed E-state index contributed by atoms with van der Waals surface area (Å²) in [5, 5.41) is 12.5. The van der Waals surface area contributed by atoms with Crippen LogP contribution in [0.25, 0.3) is 0 Å². The lowest BCUT2D eigenvalue weighted by Crippen LogP contribution is -2.38. The number of rotatable bonds is 6. The molecular weight excluding hydrogens is 217 g/mol. The van der Waals surface area contributed by atoms with Crippen molar-refractivity contribution in [2.75, 3.05) is 13.2 Å². The molecule has 0 bridgehead atoms. The van der Waals surface area contributed by atoms with Crippen molar-refractivity contribution in [3.8, 4) is 0 Å². The smallest absolute Gasteiger partial charge is 0.126 e. The number of benzene rings is 1. The molecular formula is C14H22FNO. The van der Waals surface area contributed by atoms with Crippen LogP contribution >= 0.6 is 0 Å². The van der Waals surface area contributed by atoms with Crippen molar-refractivity contribution < 1.29 is 9.50 Å². The van der Waals surface area contributed by atoms with Crippen LogP contribution in [0.3, 0.4) is 0 Å². The van der Waals surface area contributed by atoms with E-state index in [2.05, 4.69) is 5.32 Å². The van der Waals surface area contributed by atoms with Crippen molar-refractivity contribution in [3.63, 3.8) is 0 Å². The lowest BCUT2D eigenvalue weighted by atomic mass is 9.94. The average Bonchev–Trinajstić information content (AvgIpc) is 2.30. The van der Waals surface area contributed by atoms with Gasteiger partial charge in [0.2, 0.25) is 0 Å². The quantitative estimate of drug-likeness (QED) is 0.798. The molecule has 0 aliphatic heterocycles. The van der Waals surface area contributed by atoms with Gasteiger partial charge in [-0.1, -0.05) is 32.0 Å². The minimum atomic E-state index is -0.150. The molecule has 0 aromatic heterocycles. The van der Waals surface area contributed by atoms with Gasteiger partial charge >= 0.3 is 0 Å². The molecule has 1 rings (SSSR count). The molecule has 3 heteroatoms. The van der Waals surface area contributed by atoms with Gasteiger partial charge in [-0.2, -0.15) is 0 Å². The van der Waals surface area contributed by atoms with E-state index in [0.29, 0.717) is 6.42 Å². The van der Waals surface area contributed by atoms with Gasteiger partial charge in [0, 0.05) is 24.6 Å². The van der Waals surface area contributed by atoms with Crippen molar-refractivity contribution in [2.45, 2.75) is 33.2 Å². The third-order valence-electron chi connectivity index (χ3n) is 2.84. The van der Waals surface area contributed by atoms with Crippen LogP contribution in [-0.4, -0.2) is 24.3 Å². The lowest BCUT2D eigenvalue weighted by Gasteiger charge is -2.25. The Labute approximate surface area is 103 Å². The van der Waals surface area contributed by atoms with Gasteiger partial charge in [-0.05, 0) is 25.0 Å². The summed E-state index contributed by atoms with van der Waals surface area (Å²) in [5.74, 6) is -0.150. The zero-order valence-corrected chi connectivity index (χ0v) is 10.8. The Hall–Kier alpha value is -0.930. The number of aliphatic hydroxyl groups is 1. The van der Waals surface area contributed by atoms with Crippen molar-refractivity contribution in [1.29, 1.82) is 0 Å². The predicted molar refractivity (Wildman–Crippen MR) is 68.4 cm³/mol. The summed E-state index contributed by atoms with van der Waals surface area (Å²) in [5.41, 5.74) is 0.595. The maximum absolute atomic E-state index is 13.4. The molecule has 2 nitrogen and oxygen atoms in total. The fraction of sp³-hybridized carbons (Fsp3) is 0.571. The van der Waals surface area contributed by atoms with E-state index in [1.807, 2.05) is 32.9 Å². The molecule has 0 saturated carbocycles. The SMILES string of the molecule is CC(Cc1ccccc1F)NCC(C)(C)CO. The van der Waals surface area contributed by atoms with Crippen LogP contribution in [0, 0.1) is 11.2 Å². The van der Waals surface area contributed by atoms with Crippen LogP contribution in [0.5, 0.6) is 0 Å². The number of hydrogen-bond donors (Lipinski definition) is 2. The van der Waals surface area contributed by atoms with Crippen molar-refractivity contribution in [1.82, 2.24) is 5.32 Å². The Morgan fingerprint density at radius 2 is 2.00 bits per heavy atom. The molecule has 1 unspecified atom stereocenters. The molecule has 1 aromatic carbocycles. The second-order valence-electron chi connectivity index (χ2n) is 5.40. The van der Waals surface area contributed by atoms with Gasteiger partial charge in [-0.25, -0.2) is 4.39 Å². The molecule has 1 aromatic rings. The summed E-state index contributed by atoms with van der Waals surface area (Å²) >= 11 is 0. The first-order valence-corrected chi connectivity index (χ1v) is 6.02. The molecule has 0 fully saturated rings. The number of halogens is 1. The summed E-state index contributed by atoms with van der Waals surface area (Å²) in [4.78, 5) is 0. The highest BCUT2D eigenvalue weighted by Gasteiger charge is 2.17. The van der Waals surface area contributed by atoms with Crippen molar-refractivity contribution >= 4 is 0 Å². The lowest BCUT2D eigenvalue weighted by molar-refractivity contribution is 0.153. The van der Waals surface area contributed by atoms with E-state index in [1.165, 1.54) is 6.07 Å². The van der Waals surface area contributed by atoms with Crippen molar-refractivity contribution in [3.05, 3.63) is 35.6 Å². The standard InChI is InChI=1S/C14H22FNO/c1-11(16-9-14(2,3)10-17)8-12-6-4-5-7-13(12)15/h4-7,11,16-17H,8-10H2,1-3H3. The Bertz CT molecular complexity index is 352. The molecule has 0 saturated heterocycles. The third-order valence-corrected chi connectivity index (χ3v) is 2.84. The zero-order chi connectivity index (χ0) is 12.9. The van der Waals surface area contributed by atoms with E-state index < -0.39 is 0 Å². The first kappa shape index (κ1) is 14.1. The highest BCUT2D eigenvalue weighted by atomic mass is 19.1. The number of nitrogens with one attached hydrogen (secondary N) is 1. The van der Waals surface area contributed by atoms with E-state index >= 15 is 0 Å². The summed E-state index contributed by atoms with van der Waals surface area (Å²) < 4.78 is 13.4. The van der Waals surface area contributed by atoms with E-state index in [4.69, 9.17) is 5.11 Å². The van der Waals surface area contributed by atoms with Crippen LogP contribution < -0.4 is 5.32 Å². The van der Waals surface area contributed by atoms with Gasteiger partial charge in [0.25, 0.3) is 0 Å². The minimum absolute atomic E-state index is 0.135. The summed E-state index contributed by atoms with van der Waals surface area (Å²) in [6, 6.07) is 7.04. The van der Waals surface area contributed by atoms with Crippen LogP contribution in [0.1, 0.15) is 26.3 Å². The largest absolute Gasteiger partial charge is 0.396 e. The molecule has 17 heavy (non-hydrogen) atoms. The van der Waals surface area contributed by atoms with Crippen LogP contribution in [0.15, 0.2) is 24.3 Å². The monoisotopic (exact) mass is 239 g/mol. The van der Waals surface area contributed by atoms with Crippen LogP contribution in [0.4, 0.5) is 4.39 Å². The van der Waals surface area contributed by atoms with Crippen LogP contribution in [0.2, 0.25) is 0 Å². The summed E-state index contributed by atoms with van der Waals surface area (Å²) in [7, 11) is 0. The third kappa shape index (κ3) is 4.84. The zero-order valence-electron chi connectivity index (χ0n) is 10.8. The molecule has 0 radical (unpaired) electrons. The molecule has 0 amide bonds. The Morgan fingerprint density at radius 3 is 2.59 bits per heavy atom. The predicted octanol–water partition coefficient (Wildman–Crippen LogP) is 2.36. The first-order chi connectivity index (χ1) is 7.94. The Morgan fingerprint density at radius 1 is 1.35 bits per heavy atom. The van der Waals surface area contributed by atoms with E-state index in [0.717, 1.165) is 12.1 Å². The van der Waals surface area contributed by atoms with Crippen molar-refractivity contribution in [2.24, 2.45) is 5.41 Å². The maximum atomic E-state index is 13.4. The highest BCUT2D eigenvalue weighted by Crippen LogP contribution is 2.13. The fourth-order valence-electron chi connectivity index (χ4n) is 1.57. The maximum Gasteiger partial charge on any atom is 0.126 e. The topological polar surface area (TPSA) is 32.3 Å². The normalized spacial score (nSPS) is 13.7. The van der Waals surface area contributed by atoms with Gasteiger partial charge in [0.1, 0.15) is 5.82 Å².